The molecule has 0 unspecified atom stereocenters. The molecular formula is C40H36N2. The van der Waals surface area contributed by atoms with Crippen molar-refractivity contribution in [1.29, 1.82) is 0 Å². The topological polar surface area (TPSA) is 6.48 Å². The fourth-order valence-electron chi connectivity index (χ4n) is 5.68. The summed E-state index contributed by atoms with van der Waals surface area (Å²) in [5, 5.41) is 0. The Morgan fingerprint density at radius 3 is 1.19 bits per heavy atom. The van der Waals surface area contributed by atoms with Gasteiger partial charge in [0.2, 0.25) is 0 Å². The summed E-state index contributed by atoms with van der Waals surface area (Å²) < 4.78 is 0. The van der Waals surface area contributed by atoms with Gasteiger partial charge in [0.25, 0.3) is 0 Å². The van der Waals surface area contributed by atoms with Crippen molar-refractivity contribution in [1.82, 2.24) is 0 Å². The van der Waals surface area contributed by atoms with E-state index in [0.29, 0.717) is 0 Å². The number of benzene rings is 6. The van der Waals surface area contributed by atoms with Crippen LogP contribution in [0.25, 0.3) is 11.1 Å². The summed E-state index contributed by atoms with van der Waals surface area (Å²) in [6.07, 6.45) is 2.11. The summed E-state index contributed by atoms with van der Waals surface area (Å²) in [5.41, 5.74) is 12.0. The molecule has 206 valence electrons. The van der Waals surface area contributed by atoms with E-state index >= 15 is 0 Å². The van der Waals surface area contributed by atoms with Crippen LogP contribution in [0.4, 0.5) is 34.1 Å². The van der Waals surface area contributed by atoms with Crippen LogP contribution in [0.1, 0.15) is 24.5 Å². The van der Waals surface area contributed by atoms with E-state index in [1.165, 1.54) is 22.3 Å². The van der Waals surface area contributed by atoms with Crippen LogP contribution in [0.3, 0.4) is 0 Å². The molecule has 0 fully saturated rings. The molecule has 0 N–H and O–H groups in total. The molecular weight excluding hydrogens is 508 g/mol. The van der Waals surface area contributed by atoms with Gasteiger partial charge in [0, 0.05) is 34.1 Å². The highest BCUT2D eigenvalue weighted by atomic mass is 15.1. The second-order valence-electron chi connectivity index (χ2n) is 10.6. The molecule has 0 aliphatic rings. The van der Waals surface area contributed by atoms with Gasteiger partial charge in [0.1, 0.15) is 0 Å². The number of hydrogen-bond donors (Lipinski definition) is 0. The lowest BCUT2D eigenvalue weighted by Gasteiger charge is -2.28. The molecule has 6 aromatic carbocycles. The molecule has 0 saturated heterocycles. The zero-order valence-electron chi connectivity index (χ0n) is 24.3. The van der Waals surface area contributed by atoms with Gasteiger partial charge in [-0.25, -0.2) is 0 Å². The molecule has 0 spiro atoms. The third-order valence-electron chi connectivity index (χ3n) is 7.70. The predicted octanol–water partition coefficient (Wildman–Crippen LogP) is 11.6. The molecule has 0 radical (unpaired) electrons. The minimum atomic E-state index is 1.02. The third-order valence-corrected chi connectivity index (χ3v) is 7.70. The molecule has 0 aromatic heterocycles. The summed E-state index contributed by atoms with van der Waals surface area (Å²) in [7, 11) is 0. The number of rotatable bonds is 9. The summed E-state index contributed by atoms with van der Waals surface area (Å²) >= 11 is 0. The Balaban J connectivity index is 1.52. The number of para-hydroxylation sites is 4. The Morgan fingerprint density at radius 2 is 0.786 bits per heavy atom. The van der Waals surface area contributed by atoms with Crippen molar-refractivity contribution < 1.29 is 0 Å². The van der Waals surface area contributed by atoms with Gasteiger partial charge in [0.15, 0.2) is 0 Å². The van der Waals surface area contributed by atoms with Crippen molar-refractivity contribution in [2.24, 2.45) is 0 Å². The van der Waals surface area contributed by atoms with Gasteiger partial charge >= 0.3 is 0 Å². The van der Waals surface area contributed by atoms with Crippen molar-refractivity contribution in [2.75, 3.05) is 9.80 Å². The average molecular weight is 545 g/mol. The van der Waals surface area contributed by atoms with Crippen molar-refractivity contribution in [3.05, 3.63) is 169 Å². The first kappa shape index (κ1) is 27.1. The number of aryl methyl sites for hydroxylation is 2. The quantitative estimate of drug-likeness (QED) is 0.179. The lowest BCUT2D eigenvalue weighted by Crippen LogP contribution is -2.11. The molecule has 0 saturated carbocycles. The predicted molar refractivity (Wildman–Crippen MR) is 180 cm³/mol. The molecule has 2 nitrogen and oxygen atoms in total. The standard InChI is InChI=1S/C40H36N2/c1-3-16-32-26-28-38(42(35-21-12-6-13-22-35)36-23-14-7-15-24-36)30-40(32)39-29-37(27-25-31(39)2)41(33-17-8-4-9-18-33)34-19-10-5-11-20-34/h4-15,17-30H,3,16H2,1-2H3. The Kier molecular flexibility index (Phi) is 8.14. The van der Waals surface area contributed by atoms with Gasteiger partial charge in [-0.1, -0.05) is 98.3 Å². The average Bonchev–Trinajstić information content (AvgIpc) is 3.05. The smallest absolute Gasteiger partial charge is 0.0467 e. The Labute approximate surface area is 250 Å². The SMILES string of the molecule is CCCc1ccc(N(c2ccccc2)c2ccccc2)cc1-c1cc(N(c2ccccc2)c2ccccc2)ccc1C. The third kappa shape index (κ3) is 5.70. The molecule has 0 heterocycles. The lowest BCUT2D eigenvalue weighted by atomic mass is 9.92. The molecule has 2 heteroatoms. The van der Waals surface area contributed by atoms with Crippen LogP contribution < -0.4 is 9.80 Å². The first-order chi connectivity index (χ1) is 20.7. The molecule has 6 aromatic rings. The van der Waals surface area contributed by atoms with Gasteiger partial charge in [-0.15, -0.1) is 0 Å². The van der Waals surface area contributed by atoms with Crippen LogP contribution in [0.5, 0.6) is 0 Å². The fourth-order valence-corrected chi connectivity index (χ4v) is 5.68. The van der Waals surface area contributed by atoms with E-state index in [2.05, 4.69) is 181 Å². The van der Waals surface area contributed by atoms with Crippen LogP contribution in [-0.4, -0.2) is 0 Å². The maximum Gasteiger partial charge on any atom is 0.0467 e. The number of hydrogen-bond acceptors (Lipinski definition) is 2. The number of nitrogens with zero attached hydrogens (tertiary/aromatic N) is 2. The molecule has 0 bridgehead atoms. The van der Waals surface area contributed by atoms with Crippen molar-refractivity contribution >= 4 is 34.1 Å². The van der Waals surface area contributed by atoms with Crippen molar-refractivity contribution in [3.8, 4) is 11.1 Å². The molecule has 6 rings (SSSR count). The van der Waals surface area contributed by atoms with Crippen molar-refractivity contribution in [3.63, 3.8) is 0 Å². The maximum absolute atomic E-state index is 2.38. The van der Waals surface area contributed by atoms with E-state index in [4.69, 9.17) is 0 Å². The largest absolute Gasteiger partial charge is 0.310 e. The van der Waals surface area contributed by atoms with Gasteiger partial charge in [-0.3, -0.25) is 0 Å². The maximum atomic E-state index is 2.38. The van der Waals surface area contributed by atoms with E-state index in [1.54, 1.807) is 0 Å². The highest BCUT2D eigenvalue weighted by Crippen LogP contribution is 2.41. The summed E-state index contributed by atoms with van der Waals surface area (Å²) in [4.78, 5) is 4.69. The van der Waals surface area contributed by atoms with Crippen LogP contribution in [0, 0.1) is 6.92 Å². The monoisotopic (exact) mass is 544 g/mol. The van der Waals surface area contributed by atoms with E-state index < -0.39 is 0 Å². The number of anilines is 6. The Morgan fingerprint density at radius 1 is 0.405 bits per heavy atom. The van der Waals surface area contributed by atoms with E-state index in [1.807, 2.05) is 0 Å². The van der Waals surface area contributed by atoms with Crippen LogP contribution in [-0.2, 0) is 6.42 Å². The first-order valence-corrected chi connectivity index (χ1v) is 14.8. The van der Waals surface area contributed by atoms with E-state index in [0.717, 1.165) is 47.0 Å². The minimum absolute atomic E-state index is 1.02. The van der Waals surface area contributed by atoms with E-state index in [9.17, 15) is 0 Å². The van der Waals surface area contributed by atoms with Crippen LogP contribution in [0.15, 0.2) is 158 Å². The van der Waals surface area contributed by atoms with Crippen molar-refractivity contribution in [2.45, 2.75) is 26.7 Å². The Hall–Kier alpha value is -5.08. The zero-order chi connectivity index (χ0) is 28.7. The van der Waals surface area contributed by atoms with Gasteiger partial charge in [0.05, 0.1) is 0 Å². The molecule has 42 heavy (non-hydrogen) atoms. The summed E-state index contributed by atoms with van der Waals surface area (Å²) in [5.74, 6) is 0. The molecule has 0 atom stereocenters. The highest BCUT2D eigenvalue weighted by molar-refractivity contribution is 5.85. The van der Waals surface area contributed by atoms with Gasteiger partial charge in [-0.05, 0) is 108 Å². The van der Waals surface area contributed by atoms with Crippen LogP contribution >= 0.6 is 0 Å². The van der Waals surface area contributed by atoms with Gasteiger partial charge in [-0.2, -0.15) is 0 Å². The zero-order valence-corrected chi connectivity index (χ0v) is 24.3. The first-order valence-electron chi connectivity index (χ1n) is 14.8. The minimum Gasteiger partial charge on any atom is -0.310 e. The molecule has 0 aliphatic heterocycles. The van der Waals surface area contributed by atoms with Crippen LogP contribution in [0.2, 0.25) is 0 Å². The van der Waals surface area contributed by atoms with E-state index in [-0.39, 0.29) is 0 Å². The lowest BCUT2D eigenvalue weighted by molar-refractivity contribution is 0.923. The van der Waals surface area contributed by atoms with Gasteiger partial charge < -0.3 is 9.80 Å². The fraction of sp³-hybridized carbons (Fsp3) is 0.100. The second kappa shape index (κ2) is 12.6. The molecule has 0 aliphatic carbocycles. The summed E-state index contributed by atoms with van der Waals surface area (Å²) in [6, 6.07) is 56.4. The summed E-state index contributed by atoms with van der Waals surface area (Å²) in [6.45, 7) is 4.48. The normalized spacial score (nSPS) is 10.8. The Bertz CT molecular complexity index is 1650. The highest BCUT2D eigenvalue weighted by Gasteiger charge is 2.18. The second-order valence-corrected chi connectivity index (χ2v) is 10.6. The molecule has 0 amide bonds.